The van der Waals surface area contributed by atoms with Crippen molar-refractivity contribution in [2.24, 2.45) is 0 Å². The quantitative estimate of drug-likeness (QED) is 0.858. The minimum Gasteiger partial charge on any atom is -0.478 e. The molecular formula is C9H7FN4O4S2. The molecule has 1 heterocycles. The smallest absolute Gasteiger partial charge is 0.338 e. The zero-order valence-electron chi connectivity index (χ0n) is 9.86. The number of carboxylic acids is 1. The Labute approximate surface area is 116 Å². The summed E-state index contributed by atoms with van der Waals surface area (Å²) in [5.74, 6) is -2.53. The summed E-state index contributed by atoms with van der Waals surface area (Å²) in [5.41, 5.74) is -0.818. The zero-order valence-corrected chi connectivity index (χ0v) is 11.5. The van der Waals surface area contributed by atoms with Crippen molar-refractivity contribution >= 4 is 32.7 Å². The molecule has 0 aliphatic heterocycles. The van der Waals surface area contributed by atoms with Crippen molar-refractivity contribution in [3.05, 3.63) is 29.1 Å². The lowest BCUT2D eigenvalue weighted by Gasteiger charge is -2.08. The molecule has 106 valence electrons. The normalized spacial score (nSPS) is 11.3. The van der Waals surface area contributed by atoms with Gasteiger partial charge in [0.05, 0.1) is 10.5 Å². The first-order valence-electron chi connectivity index (χ1n) is 5.02. The van der Waals surface area contributed by atoms with Crippen LogP contribution in [0.3, 0.4) is 0 Å². The van der Waals surface area contributed by atoms with E-state index < -0.39 is 27.4 Å². The Morgan fingerprint density at radius 2 is 2.15 bits per heavy atom. The average molecular weight is 318 g/mol. The summed E-state index contributed by atoms with van der Waals surface area (Å²) in [4.78, 5) is 10.5. The van der Waals surface area contributed by atoms with E-state index in [1.165, 1.54) is 6.92 Å². The third kappa shape index (κ3) is 2.72. The van der Waals surface area contributed by atoms with E-state index in [2.05, 4.69) is 19.5 Å². The summed E-state index contributed by atoms with van der Waals surface area (Å²) in [6.07, 6.45) is 0. The molecule has 8 nitrogen and oxygen atoms in total. The SMILES string of the molecule is Cc1cc(S(=O)(=O)Nc2nnns2)cc(C(=O)O)c1F. The molecule has 0 spiro atoms. The molecule has 0 bridgehead atoms. The van der Waals surface area contributed by atoms with E-state index in [9.17, 15) is 17.6 Å². The topological polar surface area (TPSA) is 122 Å². The first kappa shape index (κ1) is 14.3. The molecule has 0 unspecified atom stereocenters. The fourth-order valence-electron chi connectivity index (χ4n) is 1.39. The van der Waals surface area contributed by atoms with Crippen molar-refractivity contribution < 1.29 is 22.7 Å². The van der Waals surface area contributed by atoms with Crippen molar-refractivity contribution in [2.75, 3.05) is 4.72 Å². The van der Waals surface area contributed by atoms with E-state index in [4.69, 9.17) is 5.11 Å². The fourth-order valence-corrected chi connectivity index (χ4v) is 3.09. The molecule has 2 aromatic rings. The van der Waals surface area contributed by atoms with Crippen LogP contribution in [-0.2, 0) is 10.0 Å². The zero-order chi connectivity index (χ0) is 14.9. The number of aromatic carboxylic acids is 1. The monoisotopic (exact) mass is 318 g/mol. The van der Waals surface area contributed by atoms with Gasteiger partial charge < -0.3 is 5.11 Å². The van der Waals surface area contributed by atoms with Crippen molar-refractivity contribution in [1.29, 1.82) is 0 Å². The van der Waals surface area contributed by atoms with Gasteiger partial charge in [-0.2, -0.15) is 0 Å². The van der Waals surface area contributed by atoms with Crippen molar-refractivity contribution in [3.63, 3.8) is 0 Å². The first-order chi connectivity index (χ1) is 9.31. The van der Waals surface area contributed by atoms with Gasteiger partial charge in [-0.25, -0.2) is 17.6 Å². The number of aromatic nitrogens is 3. The summed E-state index contributed by atoms with van der Waals surface area (Å²) in [7, 11) is -4.09. The van der Waals surface area contributed by atoms with E-state index in [1.54, 1.807) is 0 Å². The molecule has 11 heteroatoms. The van der Waals surface area contributed by atoms with Crippen LogP contribution in [0.1, 0.15) is 15.9 Å². The molecule has 1 aromatic carbocycles. The van der Waals surface area contributed by atoms with E-state index in [0.29, 0.717) is 11.5 Å². The molecule has 0 atom stereocenters. The molecule has 0 aliphatic rings. The van der Waals surface area contributed by atoms with Gasteiger partial charge in [0.1, 0.15) is 5.82 Å². The lowest BCUT2D eigenvalue weighted by Crippen LogP contribution is -2.15. The number of rotatable bonds is 4. The van der Waals surface area contributed by atoms with Crippen molar-refractivity contribution in [1.82, 2.24) is 14.8 Å². The Balaban J connectivity index is 2.49. The van der Waals surface area contributed by atoms with Crippen molar-refractivity contribution in [2.45, 2.75) is 11.8 Å². The number of carboxylic acid groups (broad SMARTS) is 1. The number of aryl methyl sites for hydroxylation is 1. The van der Waals surface area contributed by atoms with Crippen LogP contribution in [0, 0.1) is 12.7 Å². The van der Waals surface area contributed by atoms with Crippen LogP contribution in [0.4, 0.5) is 9.52 Å². The maximum Gasteiger partial charge on any atom is 0.338 e. The minimum absolute atomic E-state index is 0.0798. The molecule has 0 saturated carbocycles. The Morgan fingerprint density at radius 1 is 1.45 bits per heavy atom. The van der Waals surface area contributed by atoms with Gasteiger partial charge in [-0.15, -0.1) is 0 Å². The molecule has 0 amide bonds. The number of hydrogen-bond acceptors (Lipinski definition) is 7. The van der Waals surface area contributed by atoms with Crippen molar-refractivity contribution in [3.8, 4) is 0 Å². The Morgan fingerprint density at radius 3 is 2.70 bits per heavy atom. The third-order valence-corrected chi connectivity index (χ3v) is 4.25. The number of nitrogens with zero attached hydrogens (tertiary/aromatic N) is 3. The van der Waals surface area contributed by atoms with E-state index in [0.717, 1.165) is 12.1 Å². The van der Waals surface area contributed by atoms with E-state index in [-0.39, 0.29) is 15.6 Å². The summed E-state index contributed by atoms with van der Waals surface area (Å²) >= 11 is 0.709. The number of anilines is 1. The molecule has 1 aromatic heterocycles. The number of sulfonamides is 1. The van der Waals surface area contributed by atoms with Crippen LogP contribution in [-0.4, -0.2) is 34.3 Å². The minimum atomic E-state index is -4.09. The maximum absolute atomic E-state index is 13.6. The Hall–Kier alpha value is -2.14. The van der Waals surface area contributed by atoms with Crippen LogP contribution in [0.25, 0.3) is 0 Å². The maximum atomic E-state index is 13.6. The van der Waals surface area contributed by atoms with Gasteiger partial charge in [-0.1, -0.05) is 9.59 Å². The van der Waals surface area contributed by atoms with Gasteiger partial charge in [-0.05, 0) is 29.8 Å². The van der Waals surface area contributed by atoms with Crippen LogP contribution < -0.4 is 4.72 Å². The first-order valence-corrected chi connectivity index (χ1v) is 7.28. The number of carbonyl (C=O) groups is 1. The summed E-state index contributed by atoms with van der Waals surface area (Å²) in [6.45, 7) is 1.27. The average Bonchev–Trinajstić information content (AvgIpc) is 2.83. The molecule has 0 aliphatic carbocycles. The summed E-state index contributed by atoms with van der Waals surface area (Å²) in [6, 6.07) is 1.76. The summed E-state index contributed by atoms with van der Waals surface area (Å²) in [5, 5.41) is 15.4. The Bertz CT molecular complexity index is 761. The van der Waals surface area contributed by atoms with Gasteiger partial charge >= 0.3 is 5.97 Å². The lowest BCUT2D eigenvalue weighted by atomic mass is 10.1. The molecule has 0 radical (unpaired) electrons. The van der Waals surface area contributed by atoms with E-state index in [1.807, 2.05) is 0 Å². The number of benzene rings is 1. The van der Waals surface area contributed by atoms with Crippen LogP contribution in [0.5, 0.6) is 0 Å². The lowest BCUT2D eigenvalue weighted by molar-refractivity contribution is 0.0691. The highest BCUT2D eigenvalue weighted by Crippen LogP contribution is 2.21. The Kier molecular flexibility index (Phi) is 3.63. The molecule has 0 saturated heterocycles. The molecule has 20 heavy (non-hydrogen) atoms. The van der Waals surface area contributed by atoms with E-state index >= 15 is 0 Å². The van der Waals surface area contributed by atoms with Gasteiger partial charge in [-0.3, -0.25) is 4.72 Å². The molecule has 2 rings (SSSR count). The number of hydrogen-bond donors (Lipinski definition) is 2. The second-order valence-corrected chi connectivity index (χ2v) is 6.09. The van der Waals surface area contributed by atoms with Gasteiger partial charge in [0.15, 0.2) is 0 Å². The second-order valence-electron chi connectivity index (χ2n) is 3.68. The highest BCUT2D eigenvalue weighted by Gasteiger charge is 2.22. The predicted octanol–water partition coefficient (Wildman–Crippen LogP) is 0.880. The van der Waals surface area contributed by atoms with Gasteiger partial charge in [0, 0.05) is 11.5 Å². The van der Waals surface area contributed by atoms with Crippen LogP contribution in [0.2, 0.25) is 0 Å². The standard InChI is InChI=1S/C9H7FN4O4S2/c1-4-2-5(3-6(7(4)10)8(15)16)20(17,18)12-9-11-13-14-19-9/h2-3H,1H3,(H,15,16)(H,11,12,14). The van der Waals surface area contributed by atoms with Gasteiger partial charge in [0.2, 0.25) is 5.13 Å². The molecule has 2 N–H and O–H groups in total. The molecule has 0 fully saturated rings. The highest BCUT2D eigenvalue weighted by atomic mass is 32.2. The number of nitrogens with one attached hydrogen (secondary N) is 1. The van der Waals surface area contributed by atoms with Gasteiger partial charge in [0.25, 0.3) is 10.0 Å². The molecular weight excluding hydrogens is 311 g/mol. The summed E-state index contributed by atoms with van der Waals surface area (Å²) < 4.78 is 43.1. The highest BCUT2D eigenvalue weighted by molar-refractivity contribution is 7.93. The van der Waals surface area contributed by atoms with Crippen LogP contribution in [0.15, 0.2) is 17.0 Å². The largest absolute Gasteiger partial charge is 0.478 e. The fraction of sp³-hybridized carbons (Fsp3) is 0.111. The number of halogens is 1. The van der Waals surface area contributed by atoms with Crippen LogP contribution >= 0.6 is 11.5 Å². The second kappa shape index (κ2) is 5.09. The predicted molar refractivity (Wildman–Crippen MR) is 66.6 cm³/mol. The third-order valence-electron chi connectivity index (χ3n) is 2.29.